The summed E-state index contributed by atoms with van der Waals surface area (Å²) < 4.78 is 39.6. The molecule has 160 valence electrons. The summed E-state index contributed by atoms with van der Waals surface area (Å²) in [4.78, 5) is 40.0. The standard InChI is InChI=1S/C19H20FN3O5S2/c1-13(24)22-8-10-23(11-9-22)19(26)18(21-17(25)16-3-2-12-29-16)30(27,28)15-6-4-14(20)5-7-15/h2-7,12,18H,8-11H2,1H3,(H,21,25)/t18-/m0/s1. The molecule has 0 saturated carbocycles. The van der Waals surface area contributed by atoms with Crippen LogP contribution in [-0.2, 0) is 19.4 Å². The average Bonchev–Trinajstić information content (AvgIpc) is 3.26. The average molecular weight is 454 g/mol. The van der Waals surface area contributed by atoms with Crippen molar-refractivity contribution in [3.63, 3.8) is 0 Å². The molecule has 1 aromatic carbocycles. The number of amides is 3. The lowest BCUT2D eigenvalue weighted by atomic mass is 10.3. The Morgan fingerprint density at radius 2 is 1.63 bits per heavy atom. The van der Waals surface area contributed by atoms with Crippen LogP contribution in [0.5, 0.6) is 0 Å². The predicted molar refractivity (Wildman–Crippen MR) is 108 cm³/mol. The molecule has 1 fully saturated rings. The summed E-state index contributed by atoms with van der Waals surface area (Å²) in [6, 6.07) is 7.19. The minimum atomic E-state index is -4.35. The van der Waals surface area contributed by atoms with Crippen molar-refractivity contribution in [2.24, 2.45) is 0 Å². The third-order valence-electron chi connectivity index (χ3n) is 4.72. The first-order chi connectivity index (χ1) is 14.2. The molecule has 3 rings (SSSR count). The zero-order valence-electron chi connectivity index (χ0n) is 16.1. The first-order valence-corrected chi connectivity index (χ1v) is 11.5. The Morgan fingerprint density at radius 1 is 1.03 bits per heavy atom. The van der Waals surface area contributed by atoms with E-state index in [1.807, 2.05) is 0 Å². The molecule has 0 aliphatic carbocycles. The maximum Gasteiger partial charge on any atom is 0.262 e. The molecule has 1 aliphatic heterocycles. The van der Waals surface area contributed by atoms with E-state index in [4.69, 9.17) is 0 Å². The topological polar surface area (TPSA) is 104 Å². The van der Waals surface area contributed by atoms with Crippen LogP contribution < -0.4 is 5.32 Å². The molecule has 0 unspecified atom stereocenters. The van der Waals surface area contributed by atoms with Gasteiger partial charge in [-0.1, -0.05) is 6.07 Å². The van der Waals surface area contributed by atoms with Gasteiger partial charge in [0, 0.05) is 33.1 Å². The van der Waals surface area contributed by atoms with E-state index in [1.54, 1.807) is 16.3 Å². The number of carbonyl (C=O) groups excluding carboxylic acids is 3. The second kappa shape index (κ2) is 8.92. The van der Waals surface area contributed by atoms with Gasteiger partial charge >= 0.3 is 0 Å². The van der Waals surface area contributed by atoms with Crippen molar-refractivity contribution in [1.29, 1.82) is 0 Å². The van der Waals surface area contributed by atoms with E-state index in [1.165, 1.54) is 17.9 Å². The smallest absolute Gasteiger partial charge is 0.262 e. The molecule has 8 nitrogen and oxygen atoms in total. The molecule has 3 amide bonds. The van der Waals surface area contributed by atoms with E-state index in [-0.39, 0.29) is 41.9 Å². The molecule has 0 spiro atoms. The number of thiophene rings is 1. The highest BCUT2D eigenvalue weighted by Gasteiger charge is 2.39. The summed E-state index contributed by atoms with van der Waals surface area (Å²) in [5, 5.41) is 2.10. The van der Waals surface area contributed by atoms with Gasteiger partial charge in [-0.05, 0) is 35.7 Å². The molecule has 1 N–H and O–H groups in total. The van der Waals surface area contributed by atoms with Crippen LogP contribution in [0, 0.1) is 5.82 Å². The van der Waals surface area contributed by atoms with Crippen molar-refractivity contribution in [2.75, 3.05) is 26.2 Å². The predicted octanol–water partition coefficient (Wildman–Crippen LogP) is 1.11. The molecule has 1 aromatic heterocycles. The first kappa shape index (κ1) is 21.9. The fraction of sp³-hybridized carbons (Fsp3) is 0.316. The monoisotopic (exact) mass is 453 g/mol. The van der Waals surface area contributed by atoms with E-state index in [0.29, 0.717) is 0 Å². The Hall–Kier alpha value is -2.79. The number of rotatable bonds is 5. The molecule has 2 heterocycles. The lowest BCUT2D eigenvalue weighted by molar-refractivity contribution is -0.138. The van der Waals surface area contributed by atoms with Gasteiger partial charge in [-0.15, -0.1) is 11.3 Å². The number of benzene rings is 1. The van der Waals surface area contributed by atoms with Crippen LogP contribution in [0.1, 0.15) is 16.6 Å². The molecular weight excluding hydrogens is 433 g/mol. The van der Waals surface area contributed by atoms with Gasteiger partial charge in [0.15, 0.2) is 0 Å². The third-order valence-corrected chi connectivity index (χ3v) is 7.46. The van der Waals surface area contributed by atoms with Gasteiger partial charge in [0.2, 0.25) is 21.1 Å². The van der Waals surface area contributed by atoms with Crippen molar-refractivity contribution in [3.8, 4) is 0 Å². The van der Waals surface area contributed by atoms with Crippen LogP contribution in [0.4, 0.5) is 4.39 Å². The second-order valence-electron chi connectivity index (χ2n) is 6.66. The van der Waals surface area contributed by atoms with Crippen LogP contribution in [0.3, 0.4) is 0 Å². The van der Waals surface area contributed by atoms with Crippen molar-refractivity contribution in [1.82, 2.24) is 15.1 Å². The molecule has 30 heavy (non-hydrogen) atoms. The summed E-state index contributed by atoms with van der Waals surface area (Å²) >= 11 is 1.11. The highest BCUT2D eigenvalue weighted by Crippen LogP contribution is 2.19. The summed E-state index contributed by atoms with van der Waals surface area (Å²) in [6.45, 7) is 2.23. The van der Waals surface area contributed by atoms with Gasteiger partial charge in [-0.3, -0.25) is 14.4 Å². The van der Waals surface area contributed by atoms with Crippen molar-refractivity contribution >= 4 is 38.9 Å². The van der Waals surface area contributed by atoms with E-state index >= 15 is 0 Å². The molecule has 11 heteroatoms. The molecule has 1 saturated heterocycles. The van der Waals surface area contributed by atoms with Gasteiger partial charge < -0.3 is 15.1 Å². The number of nitrogens with one attached hydrogen (secondary N) is 1. The van der Waals surface area contributed by atoms with Crippen molar-refractivity contribution < 1.29 is 27.2 Å². The molecular formula is C19H20FN3O5S2. The van der Waals surface area contributed by atoms with Gasteiger partial charge in [0.1, 0.15) is 5.82 Å². The van der Waals surface area contributed by atoms with Crippen LogP contribution in [0.25, 0.3) is 0 Å². The van der Waals surface area contributed by atoms with Crippen molar-refractivity contribution in [2.45, 2.75) is 17.2 Å². The highest BCUT2D eigenvalue weighted by molar-refractivity contribution is 7.92. The fourth-order valence-electron chi connectivity index (χ4n) is 3.04. The molecule has 0 radical (unpaired) electrons. The Morgan fingerprint density at radius 3 is 2.17 bits per heavy atom. The number of sulfone groups is 1. The first-order valence-electron chi connectivity index (χ1n) is 9.08. The zero-order valence-corrected chi connectivity index (χ0v) is 17.7. The second-order valence-corrected chi connectivity index (χ2v) is 9.64. The SMILES string of the molecule is CC(=O)N1CCN(C(=O)[C@@H](NC(=O)c2cccs2)S(=O)(=O)c2ccc(F)cc2)CC1. The minimum absolute atomic E-state index is 0.136. The zero-order chi connectivity index (χ0) is 21.9. The summed E-state index contributed by atoms with van der Waals surface area (Å²) in [5.41, 5.74) is 0. The van der Waals surface area contributed by atoms with Crippen LogP contribution >= 0.6 is 11.3 Å². The maximum atomic E-state index is 13.3. The summed E-state index contributed by atoms with van der Waals surface area (Å²) in [6.07, 6.45) is 0. The van der Waals surface area contributed by atoms with Gasteiger partial charge in [-0.25, -0.2) is 12.8 Å². The maximum absolute atomic E-state index is 13.3. The van der Waals surface area contributed by atoms with E-state index in [9.17, 15) is 27.2 Å². The van der Waals surface area contributed by atoms with Gasteiger partial charge in [0.05, 0.1) is 9.77 Å². The third kappa shape index (κ3) is 4.68. The largest absolute Gasteiger partial charge is 0.339 e. The van der Waals surface area contributed by atoms with Crippen molar-refractivity contribution in [3.05, 3.63) is 52.5 Å². The Kier molecular flexibility index (Phi) is 6.52. The summed E-state index contributed by atoms with van der Waals surface area (Å²) in [5.74, 6) is -2.26. The van der Waals surface area contributed by atoms with Crippen LogP contribution in [0.2, 0.25) is 0 Å². The number of nitrogens with zero attached hydrogens (tertiary/aromatic N) is 2. The Bertz CT molecular complexity index is 1030. The number of hydrogen-bond acceptors (Lipinski definition) is 6. The molecule has 2 aromatic rings. The highest BCUT2D eigenvalue weighted by atomic mass is 32.2. The summed E-state index contributed by atoms with van der Waals surface area (Å²) in [7, 11) is -4.35. The lowest BCUT2D eigenvalue weighted by Crippen LogP contribution is -2.57. The van der Waals surface area contributed by atoms with E-state index in [2.05, 4.69) is 5.32 Å². The molecule has 0 bridgehead atoms. The van der Waals surface area contributed by atoms with E-state index < -0.39 is 32.8 Å². The fourth-order valence-corrected chi connectivity index (χ4v) is 5.13. The van der Waals surface area contributed by atoms with E-state index in [0.717, 1.165) is 35.6 Å². The normalized spacial score (nSPS) is 15.5. The van der Waals surface area contributed by atoms with Gasteiger partial charge in [0.25, 0.3) is 11.8 Å². The van der Waals surface area contributed by atoms with Crippen LogP contribution in [-0.4, -0.2) is 67.5 Å². The van der Waals surface area contributed by atoms with Crippen LogP contribution in [0.15, 0.2) is 46.7 Å². The van der Waals surface area contributed by atoms with Gasteiger partial charge in [-0.2, -0.15) is 0 Å². The Balaban J connectivity index is 1.89. The molecule has 1 atom stereocenters. The number of piperazine rings is 1. The number of halogens is 1. The Labute approximate surface area is 177 Å². The number of hydrogen-bond donors (Lipinski definition) is 1. The minimum Gasteiger partial charge on any atom is -0.339 e. The number of carbonyl (C=O) groups is 3. The quantitative estimate of drug-likeness (QED) is 0.683. The lowest BCUT2D eigenvalue weighted by Gasteiger charge is -2.35. The molecule has 1 aliphatic rings.